The van der Waals surface area contributed by atoms with Gasteiger partial charge in [-0.3, -0.25) is 4.79 Å². The van der Waals surface area contributed by atoms with E-state index in [1.54, 1.807) is 6.26 Å². The second-order valence-corrected chi connectivity index (χ2v) is 7.04. The number of benzene rings is 2. The summed E-state index contributed by atoms with van der Waals surface area (Å²) in [6, 6.07) is 17.9. The van der Waals surface area contributed by atoms with E-state index in [4.69, 9.17) is 4.42 Å². The molecule has 0 aliphatic rings. The lowest BCUT2D eigenvalue weighted by Gasteiger charge is -2.21. The fourth-order valence-electron chi connectivity index (χ4n) is 3.17. The number of nitrogens with one attached hydrogen (secondary N) is 2. The van der Waals surface area contributed by atoms with E-state index in [1.165, 1.54) is 5.56 Å². The van der Waals surface area contributed by atoms with Crippen LogP contribution in [0, 0.1) is 5.92 Å². The van der Waals surface area contributed by atoms with Crippen molar-refractivity contribution in [1.82, 2.24) is 10.6 Å². The Bertz CT molecular complexity index is 839. The van der Waals surface area contributed by atoms with E-state index < -0.39 is 0 Å². The van der Waals surface area contributed by atoms with Crippen molar-refractivity contribution >= 4 is 16.9 Å². The zero-order valence-electron chi connectivity index (χ0n) is 15.4. The first-order valence-corrected chi connectivity index (χ1v) is 9.15. The van der Waals surface area contributed by atoms with Gasteiger partial charge in [-0.1, -0.05) is 50.2 Å². The molecule has 0 bridgehead atoms. The molecule has 0 spiro atoms. The van der Waals surface area contributed by atoms with Crippen molar-refractivity contribution in [2.45, 2.75) is 32.9 Å². The second-order valence-electron chi connectivity index (χ2n) is 7.04. The molecule has 0 saturated heterocycles. The van der Waals surface area contributed by atoms with Crippen LogP contribution < -0.4 is 10.6 Å². The normalized spacial score (nSPS) is 12.4. The summed E-state index contributed by atoms with van der Waals surface area (Å²) < 4.78 is 5.38. The topological polar surface area (TPSA) is 54.3 Å². The number of amides is 1. The van der Waals surface area contributed by atoms with Crippen molar-refractivity contribution in [1.29, 1.82) is 0 Å². The van der Waals surface area contributed by atoms with E-state index in [2.05, 4.69) is 36.6 Å². The van der Waals surface area contributed by atoms with Gasteiger partial charge in [-0.25, -0.2) is 0 Å². The number of carbonyl (C=O) groups excluding carboxylic acids is 1. The van der Waals surface area contributed by atoms with Gasteiger partial charge in [-0.05, 0) is 36.1 Å². The Kier molecular flexibility index (Phi) is 6.08. The summed E-state index contributed by atoms with van der Waals surface area (Å²) in [5.74, 6) is 0.491. The summed E-state index contributed by atoms with van der Waals surface area (Å²) in [7, 11) is 0. The molecule has 4 heteroatoms. The standard InChI is InChI=1S/C22H26N2O2/c1-16(2)13-18(23-14-17-7-4-3-5-8-17)15-24-22(25)20-9-6-10-21-19(20)11-12-26-21/h3-12,16,18,23H,13-15H2,1-2H3,(H,24,25)/t18-/m0/s1. The largest absolute Gasteiger partial charge is 0.464 e. The highest BCUT2D eigenvalue weighted by Crippen LogP contribution is 2.19. The molecule has 3 rings (SSSR count). The lowest BCUT2D eigenvalue weighted by Crippen LogP contribution is -2.41. The Morgan fingerprint density at radius 2 is 1.85 bits per heavy atom. The number of hydrogen-bond donors (Lipinski definition) is 2. The molecule has 2 N–H and O–H groups in total. The highest BCUT2D eigenvalue weighted by Gasteiger charge is 2.15. The Hall–Kier alpha value is -2.59. The van der Waals surface area contributed by atoms with Crippen molar-refractivity contribution in [2.75, 3.05) is 6.54 Å². The minimum atomic E-state index is -0.0627. The molecule has 0 aliphatic heterocycles. The van der Waals surface area contributed by atoms with E-state index in [9.17, 15) is 4.79 Å². The second kappa shape index (κ2) is 8.68. The highest BCUT2D eigenvalue weighted by molar-refractivity contribution is 6.05. The predicted octanol–water partition coefficient (Wildman–Crippen LogP) is 4.37. The van der Waals surface area contributed by atoms with Crippen LogP contribution in [0.3, 0.4) is 0 Å². The molecule has 2 aromatic carbocycles. The molecular formula is C22H26N2O2. The van der Waals surface area contributed by atoms with E-state index in [-0.39, 0.29) is 11.9 Å². The summed E-state index contributed by atoms with van der Waals surface area (Å²) in [5, 5.41) is 7.50. The molecular weight excluding hydrogens is 324 g/mol. The van der Waals surface area contributed by atoms with Crippen LogP contribution >= 0.6 is 0 Å². The van der Waals surface area contributed by atoms with Crippen LogP contribution in [-0.2, 0) is 6.54 Å². The average molecular weight is 350 g/mol. The number of carbonyl (C=O) groups is 1. The zero-order valence-corrected chi connectivity index (χ0v) is 15.4. The van der Waals surface area contributed by atoms with Crippen LogP contribution in [0.25, 0.3) is 11.0 Å². The van der Waals surface area contributed by atoms with E-state index >= 15 is 0 Å². The number of hydrogen-bond acceptors (Lipinski definition) is 3. The first-order valence-electron chi connectivity index (χ1n) is 9.15. The van der Waals surface area contributed by atoms with Gasteiger partial charge in [0.1, 0.15) is 5.58 Å². The van der Waals surface area contributed by atoms with Crippen molar-refractivity contribution in [3.63, 3.8) is 0 Å². The third-order valence-electron chi connectivity index (χ3n) is 4.44. The van der Waals surface area contributed by atoms with Crippen LogP contribution in [0.15, 0.2) is 65.3 Å². The van der Waals surface area contributed by atoms with Gasteiger partial charge in [0.15, 0.2) is 0 Å². The molecule has 0 fully saturated rings. The van der Waals surface area contributed by atoms with E-state index in [1.807, 2.05) is 42.5 Å². The van der Waals surface area contributed by atoms with E-state index in [0.717, 1.165) is 23.9 Å². The summed E-state index contributed by atoms with van der Waals surface area (Å²) in [6.45, 7) is 5.79. The lowest BCUT2D eigenvalue weighted by atomic mass is 10.0. The van der Waals surface area contributed by atoms with Gasteiger partial charge in [-0.15, -0.1) is 0 Å². The smallest absolute Gasteiger partial charge is 0.252 e. The Morgan fingerprint density at radius 1 is 1.04 bits per heavy atom. The van der Waals surface area contributed by atoms with Crippen molar-refractivity contribution in [3.05, 3.63) is 72.0 Å². The van der Waals surface area contributed by atoms with Crippen LogP contribution in [0.1, 0.15) is 36.2 Å². The fraction of sp³-hybridized carbons (Fsp3) is 0.318. The molecule has 0 aliphatic carbocycles. The van der Waals surface area contributed by atoms with E-state index in [0.29, 0.717) is 18.0 Å². The van der Waals surface area contributed by atoms with Gasteiger partial charge in [0.25, 0.3) is 5.91 Å². The molecule has 1 amide bonds. The third-order valence-corrected chi connectivity index (χ3v) is 4.44. The Morgan fingerprint density at radius 3 is 2.62 bits per heavy atom. The van der Waals surface area contributed by atoms with Crippen LogP contribution in [0.5, 0.6) is 0 Å². The molecule has 0 saturated carbocycles. The summed E-state index contributed by atoms with van der Waals surface area (Å²) >= 11 is 0. The lowest BCUT2D eigenvalue weighted by molar-refractivity contribution is 0.0949. The Balaban J connectivity index is 1.61. The molecule has 3 aromatic rings. The van der Waals surface area contributed by atoms with Crippen molar-refractivity contribution in [2.24, 2.45) is 5.92 Å². The molecule has 4 nitrogen and oxygen atoms in total. The summed E-state index contributed by atoms with van der Waals surface area (Å²) in [6.07, 6.45) is 2.62. The van der Waals surface area contributed by atoms with Crippen LogP contribution in [0.4, 0.5) is 0 Å². The maximum absolute atomic E-state index is 12.6. The van der Waals surface area contributed by atoms with Crippen LogP contribution in [0.2, 0.25) is 0 Å². The molecule has 1 atom stereocenters. The van der Waals surface area contributed by atoms with Gasteiger partial charge < -0.3 is 15.1 Å². The van der Waals surface area contributed by atoms with Gasteiger partial charge >= 0.3 is 0 Å². The number of furan rings is 1. The third kappa shape index (κ3) is 4.73. The van der Waals surface area contributed by atoms with Gasteiger partial charge in [0.2, 0.25) is 0 Å². The molecule has 1 heterocycles. The van der Waals surface area contributed by atoms with Crippen molar-refractivity contribution < 1.29 is 9.21 Å². The zero-order chi connectivity index (χ0) is 18.4. The first kappa shape index (κ1) is 18.2. The Labute approximate surface area is 154 Å². The predicted molar refractivity (Wildman–Crippen MR) is 105 cm³/mol. The minimum Gasteiger partial charge on any atom is -0.464 e. The molecule has 0 unspecified atom stereocenters. The number of fused-ring (bicyclic) bond motifs is 1. The average Bonchev–Trinajstić information content (AvgIpc) is 3.13. The molecule has 1 aromatic heterocycles. The summed E-state index contributed by atoms with van der Waals surface area (Å²) in [5.41, 5.74) is 2.64. The van der Waals surface area contributed by atoms with Gasteiger partial charge in [0.05, 0.1) is 11.8 Å². The molecule has 0 radical (unpaired) electrons. The van der Waals surface area contributed by atoms with Gasteiger partial charge in [0, 0.05) is 24.5 Å². The minimum absolute atomic E-state index is 0.0627. The quantitative estimate of drug-likeness (QED) is 0.634. The summed E-state index contributed by atoms with van der Waals surface area (Å²) in [4.78, 5) is 12.6. The maximum atomic E-state index is 12.6. The fourth-order valence-corrected chi connectivity index (χ4v) is 3.17. The maximum Gasteiger partial charge on any atom is 0.252 e. The van der Waals surface area contributed by atoms with Crippen LogP contribution in [-0.4, -0.2) is 18.5 Å². The molecule has 26 heavy (non-hydrogen) atoms. The van der Waals surface area contributed by atoms with Crippen molar-refractivity contribution in [3.8, 4) is 0 Å². The number of rotatable bonds is 8. The monoisotopic (exact) mass is 350 g/mol. The first-order chi connectivity index (χ1) is 12.6. The SMILES string of the molecule is CC(C)C[C@@H](CNC(=O)c1cccc2occc12)NCc1ccccc1. The molecule has 136 valence electrons. The van der Waals surface area contributed by atoms with Gasteiger partial charge in [-0.2, -0.15) is 0 Å². The highest BCUT2D eigenvalue weighted by atomic mass is 16.3.